The van der Waals surface area contributed by atoms with E-state index in [4.69, 9.17) is 11.6 Å². The average Bonchev–Trinajstić information content (AvgIpc) is 3.13. The van der Waals surface area contributed by atoms with Gasteiger partial charge in [0, 0.05) is 43.6 Å². The number of hydrogen-bond donors (Lipinski definition) is 1. The lowest BCUT2D eigenvalue weighted by Crippen LogP contribution is -2.41. The summed E-state index contributed by atoms with van der Waals surface area (Å²) in [6.07, 6.45) is 2.97. The molecule has 1 aliphatic heterocycles. The first-order valence-corrected chi connectivity index (χ1v) is 12.1. The fourth-order valence-electron chi connectivity index (χ4n) is 4.13. The second kappa shape index (κ2) is 8.94. The first-order valence-electron chi connectivity index (χ1n) is 10.0. The molecule has 1 aliphatic rings. The zero-order valence-electron chi connectivity index (χ0n) is 17.0. The van der Waals surface area contributed by atoms with Crippen molar-refractivity contribution in [2.24, 2.45) is 7.05 Å². The minimum atomic E-state index is -3.49. The summed E-state index contributed by atoms with van der Waals surface area (Å²) in [5.41, 5.74) is 4.46. The van der Waals surface area contributed by atoms with Crippen LogP contribution in [0.4, 0.5) is 0 Å². The topological polar surface area (TPSA) is 54.3 Å². The lowest BCUT2D eigenvalue weighted by atomic mass is 9.98. The number of aromatic nitrogens is 1. The predicted molar refractivity (Wildman–Crippen MR) is 121 cm³/mol. The molecular formula is C23H26ClN3O2S. The number of rotatable bonds is 7. The normalized spacial score (nSPS) is 15.7. The van der Waals surface area contributed by atoms with Gasteiger partial charge in [-0.1, -0.05) is 48.0 Å². The fourth-order valence-corrected chi connectivity index (χ4v) is 5.47. The van der Waals surface area contributed by atoms with Crippen molar-refractivity contribution in [3.05, 3.63) is 94.3 Å². The number of aryl methyl sites for hydroxylation is 1. The third-order valence-electron chi connectivity index (χ3n) is 5.67. The van der Waals surface area contributed by atoms with Gasteiger partial charge >= 0.3 is 0 Å². The molecule has 0 fully saturated rings. The van der Waals surface area contributed by atoms with E-state index in [-0.39, 0.29) is 11.8 Å². The monoisotopic (exact) mass is 443 g/mol. The van der Waals surface area contributed by atoms with Gasteiger partial charge in [-0.3, -0.25) is 4.90 Å². The van der Waals surface area contributed by atoms with Crippen LogP contribution in [0.3, 0.4) is 0 Å². The number of halogens is 1. The molecule has 0 saturated heterocycles. The van der Waals surface area contributed by atoms with Crippen LogP contribution in [0.25, 0.3) is 0 Å². The molecule has 1 N–H and O–H groups in total. The number of hydrogen-bond acceptors (Lipinski definition) is 3. The van der Waals surface area contributed by atoms with Crippen molar-refractivity contribution in [3.63, 3.8) is 0 Å². The molecule has 0 radical (unpaired) electrons. The molecule has 4 rings (SSSR count). The Hall–Kier alpha value is -2.12. The highest BCUT2D eigenvalue weighted by Crippen LogP contribution is 2.28. The molecule has 2 aromatic carbocycles. The Labute approximate surface area is 183 Å². The summed E-state index contributed by atoms with van der Waals surface area (Å²) < 4.78 is 30.4. The van der Waals surface area contributed by atoms with E-state index >= 15 is 0 Å². The molecule has 7 heteroatoms. The van der Waals surface area contributed by atoms with Gasteiger partial charge in [0.2, 0.25) is 10.0 Å². The highest BCUT2D eigenvalue weighted by Gasteiger charge is 2.27. The van der Waals surface area contributed by atoms with Crippen LogP contribution in [-0.4, -0.2) is 31.0 Å². The average molecular weight is 444 g/mol. The van der Waals surface area contributed by atoms with Crippen molar-refractivity contribution in [3.8, 4) is 0 Å². The minimum absolute atomic E-state index is 0.0486. The van der Waals surface area contributed by atoms with Crippen LogP contribution < -0.4 is 4.72 Å². The minimum Gasteiger partial charge on any atom is -0.353 e. The van der Waals surface area contributed by atoms with Crippen molar-refractivity contribution < 1.29 is 8.42 Å². The van der Waals surface area contributed by atoms with Crippen LogP contribution in [0.1, 0.15) is 28.4 Å². The Morgan fingerprint density at radius 1 is 1.07 bits per heavy atom. The zero-order chi connectivity index (χ0) is 21.1. The Balaban J connectivity index is 1.52. The first-order chi connectivity index (χ1) is 14.4. The number of nitrogens with zero attached hydrogens (tertiary/aromatic N) is 2. The number of benzene rings is 2. The van der Waals surface area contributed by atoms with Gasteiger partial charge in [0.25, 0.3) is 0 Å². The van der Waals surface area contributed by atoms with Gasteiger partial charge in [-0.2, -0.15) is 0 Å². The van der Waals surface area contributed by atoms with E-state index < -0.39 is 10.0 Å². The molecule has 0 amide bonds. The van der Waals surface area contributed by atoms with Gasteiger partial charge in [0.1, 0.15) is 0 Å². The summed E-state index contributed by atoms with van der Waals surface area (Å²) in [7, 11) is -1.49. The van der Waals surface area contributed by atoms with Gasteiger partial charge in [0.15, 0.2) is 0 Å². The second-order valence-corrected chi connectivity index (χ2v) is 10.0. The van der Waals surface area contributed by atoms with Crippen molar-refractivity contribution >= 4 is 21.6 Å². The van der Waals surface area contributed by atoms with Crippen LogP contribution >= 0.6 is 11.6 Å². The Morgan fingerprint density at radius 2 is 1.87 bits per heavy atom. The molecule has 3 aromatic rings. The Kier molecular flexibility index (Phi) is 6.29. The van der Waals surface area contributed by atoms with Crippen molar-refractivity contribution in [1.82, 2.24) is 14.2 Å². The summed E-state index contributed by atoms with van der Waals surface area (Å²) in [4.78, 5) is 2.36. The van der Waals surface area contributed by atoms with Gasteiger partial charge in [0.05, 0.1) is 11.8 Å². The van der Waals surface area contributed by atoms with E-state index in [2.05, 4.69) is 44.5 Å². The van der Waals surface area contributed by atoms with Crippen LogP contribution in [0, 0.1) is 0 Å². The molecule has 0 spiro atoms. The number of nitrogens with one attached hydrogen (secondary N) is 1. The van der Waals surface area contributed by atoms with Crippen molar-refractivity contribution in [2.45, 2.75) is 24.8 Å². The molecule has 1 aromatic heterocycles. The molecule has 0 saturated carbocycles. The fraction of sp³-hybridized carbons (Fsp3) is 0.304. The van der Waals surface area contributed by atoms with Crippen molar-refractivity contribution in [2.75, 3.05) is 13.1 Å². The van der Waals surface area contributed by atoms with E-state index in [0.717, 1.165) is 25.2 Å². The quantitative estimate of drug-likeness (QED) is 0.602. The molecule has 1 atom stereocenters. The summed E-state index contributed by atoms with van der Waals surface area (Å²) >= 11 is 6.00. The number of fused-ring (bicyclic) bond motifs is 1. The van der Waals surface area contributed by atoms with Crippen molar-refractivity contribution in [1.29, 1.82) is 0 Å². The first kappa shape index (κ1) is 21.1. The molecule has 0 aliphatic carbocycles. The van der Waals surface area contributed by atoms with Gasteiger partial charge in [-0.05, 0) is 47.4 Å². The standard InChI is InChI=1S/C23H26ClN3O2S/c1-26-12-5-10-22(26)23(27-13-11-19-7-2-3-8-20(19)16-27)15-25-30(28,29)17-18-6-4-9-21(24)14-18/h2-10,12,14,23,25H,11,13,15-17H2,1H3. The zero-order valence-corrected chi connectivity index (χ0v) is 18.5. The third kappa shape index (κ3) is 4.95. The van der Waals surface area contributed by atoms with Crippen LogP contribution in [-0.2, 0) is 35.8 Å². The Bertz CT molecular complexity index is 1130. The molecule has 2 heterocycles. The molecule has 1 unspecified atom stereocenters. The summed E-state index contributed by atoms with van der Waals surface area (Å²) in [5.74, 6) is -0.0871. The van der Waals surface area contributed by atoms with Crippen LogP contribution in [0.5, 0.6) is 0 Å². The van der Waals surface area contributed by atoms with E-state index in [9.17, 15) is 8.42 Å². The maximum Gasteiger partial charge on any atom is 0.215 e. The van der Waals surface area contributed by atoms with Gasteiger partial charge in [-0.25, -0.2) is 13.1 Å². The van der Waals surface area contributed by atoms with Gasteiger partial charge in [-0.15, -0.1) is 0 Å². The molecule has 30 heavy (non-hydrogen) atoms. The highest BCUT2D eigenvalue weighted by molar-refractivity contribution is 7.88. The smallest absolute Gasteiger partial charge is 0.215 e. The second-order valence-electron chi connectivity index (χ2n) is 7.79. The summed E-state index contributed by atoms with van der Waals surface area (Å²) in [6, 6.07) is 19.5. The Morgan fingerprint density at radius 3 is 2.60 bits per heavy atom. The maximum atomic E-state index is 12.8. The summed E-state index contributed by atoms with van der Waals surface area (Å²) in [5, 5.41) is 0.538. The predicted octanol–water partition coefficient (Wildman–Crippen LogP) is 3.90. The maximum absolute atomic E-state index is 12.8. The lowest BCUT2D eigenvalue weighted by molar-refractivity contribution is 0.174. The van der Waals surface area contributed by atoms with Crippen LogP contribution in [0.2, 0.25) is 5.02 Å². The molecule has 158 valence electrons. The molecular weight excluding hydrogens is 418 g/mol. The lowest BCUT2D eigenvalue weighted by Gasteiger charge is -2.36. The van der Waals surface area contributed by atoms with E-state index in [1.54, 1.807) is 24.3 Å². The largest absolute Gasteiger partial charge is 0.353 e. The van der Waals surface area contributed by atoms with E-state index in [0.29, 0.717) is 17.1 Å². The molecule has 0 bridgehead atoms. The van der Waals surface area contributed by atoms with Crippen LogP contribution in [0.15, 0.2) is 66.9 Å². The third-order valence-corrected chi connectivity index (χ3v) is 7.22. The van der Waals surface area contributed by atoms with E-state index in [1.165, 1.54) is 11.1 Å². The summed E-state index contributed by atoms with van der Waals surface area (Å²) in [6.45, 7) is 2.02. The number of sulfonamides is 1. The molecule has 5 nitrogen and oxygen atoms in total. The SMILES string of the molecule is Cn1cccc1C(CNS(=O)(=O)Cc1cccc(Cl)c1)N1CCc2ccccc2C1. The highest BCUT2D eigenvalue weighted by atomic mass is 35.5. The van der Waals surface area contributed by atoms with E-state index in [1.807, 2.05) is 19.3 Å². The van der Waals surface area contributed by atoms with Gasteiger partial charge < -0.3 is 4.57 Å².